The number of nitrogens with zero attached hydrogens (tertiary/aromatic N) is 1. The fourth-order valence-electron chi connectivity index (χ4n) is 1.49. The van der Waals surface area contributed by atoms with Crippen LogP contribution in [-0.4, -0.2) is 12.1 Å². The lowest BCUT2D eigenvalue weighted by atomic mass is 10.1. The van der Waals surface area contributed by atoms with Gasteiger partial charge >= 0.3 is 0 Å². The topological polar surface area (TPSA) is 29.4 Å². The van der Waals surface area contributed by atoms with E-state index < -0.39 is 0 Å². The summed E-state index contributed by atoms with van der Waals surface area (Å²) in [5, 5.41) is 0. The summed E-state index contributed by atoms with van der Waals surface area (Å²) in [5.41, 5.74) is 0.920. The number of hydrogen-bond acceptors (Lipinski definition) is 2. The molecule has 0 N–H and O–H groups in total. The maximum atomic E-state index is 12.8. The van der Waals surface area contributed by atoms with Gasteiger partial charge in [-0.3, -0.25) is 0 Å². The molecule has 0 spiro atoms. The summed E-state index contributed by atoms with van der Waals surface area (Å²) in [7, 11) is 0. The van der Waals surface area contributed by atoms with E-state index in [2.05, 4.69) is 4.99 Å². The molecule has 2 atom stereocenters. The summed E-state index contributed by atoms with van der Waals surface area (Å²) in [6.45, 7) is 0. The molecule has 1 aliphatic rings. The molecule has 1 aliphatic carbocycles. The Balaban J connectivity index is 2.16. The molecular formula is C10H8FNO. The van der Waals surface area contributed by atoms with Gasteiger partial charge in [0.2, 0.25) is 6.08 Å². The normalized spacial score (nSPS) is 25.0. The van der Waals surface area contributed by atoms with Crippen molar-refractivity contribution in [3.8, 4) is 0 Å². The molecule has 0 heterocycles. The minimum absolute atomic E-state index is 0.0271. The Morgan fingerprint density at radius 2 is 2.38 bits per heavy atom. The molecule has 0 saturated heterocycles. The van der Waals surface area contributed by atoms with Crippen molar-refractivity contribution in [2.45, 2.75) is 18.4 Å². The molecule has 2 unspecified atom stereocenters. The van der Waals surface area contributed by atoms with Gasteiger partial charge < -0.3 is 0 Å². The second-order valence-corrected chi connectivity index (χ2v) is 3.18. The van der Waals surface area contributed by atoms with Crippen LogP contribution in [0.3, 0.4) is 0 Å². The average molecular weight is 177 g/mol. The predicted molar refractivity (Wildman–Crippen MR) is 45.7 cm³/mol. The van der Waals surface area contributed by atoms with Crippen LogP contribution >= 0.6 is 0 Å². The maximum Gasteiger partial charge on any atom is 0.235 e. The molecule has 0 aromatic heterocycles. The number of aliphatic imine (C=N–C) groups is 1. The van der Waals surface area contributed by atoms with E-state index in [0.29, 0.717) is 0 Å². The van der Waals surface area contributed by atoms with Crippen LogP contribution in [0.5, 0.6) is 0 Å². The van der Waals surface area contributed by atoms with E-state index in [-0.39, 0.29) is 17.8 Å². The minimum atomic E-state index is -0.238. The van der Waals surface area contributed by atoms with Crippen LogP contribution in [0.1, 0.15) is 17.9 Å². The van der Waals surface area contributed by atoms with Crippen LogP contribution in [0.25, 0.3) is 0 Å². The molecule has 0 bridgehead atoms. The SMILES string of the molecule is O=C=NC1CC1c1cccc(F)c1. The third kappa shape index (κ3) is 1.65. The lowest BCUT2D eigenvalue weighted by Gasteiger charge is -1.96. The van der Waals surface area contributed by atoms with Gasteiger partial charge in [0, 0.05) is 5.92 Å². The Kier molecular flexibility index (Phi) is 1.95. The van der Waals surface area contributed by atoms with Crippen molar-refractivity contribution in [1.29, 1.82) is 0 Å². The van der Waals surface area contributed by atoms with Crippen molar-refractivity contribution >= 4 is 6.08 Å². The number of carbonyl (C=O) groups excluding carboxylic acids is 1. The minimum Gasteiger partial charge on any atom is -0.211 e. The number of isocyanates is 1. The van der Waals surface area contributed by atoms with Crippen LogP contribution in [0, 0.1) is 5.82 Å². The third-order valence-electron chi connectivity index (χ3n) is 2.25. The van der Waals surface area contributed by atoms with Gasteiger partial charge in [0.15, 0.2) is 0 Å². The van der Waals surface area contributed by atoms with Gasteiger partial charge in [-0.25, -0.2) is 14.2 Å². The van der Waals surface area contributed by atoms with Crippen molar-refractivity contribution < 1.29 is 9.18 Å². The summed E-state index contributed by atoms with van der Waals surface area (Å²) in [4.78, 5) is 13.5. The highest BCUT2D eigenvalue weighted by molar-refractivity contribution is 5.38. The standard InChI is InChI=1S/C10H8FNO/c11-8-3-1-2-7(4-8)9-5-10(9)12-6-13/h1-4,9-10H,5H2. The third-order valence-corrected chi connectivity index (χ3v) is 2.25. The molecule has 3 heteroatoms. The number of halogens is 1. The fourth-order valence-corrected chi connectivity index (χ4v) is 1.49. The van der Waals surface area contributed by atoms with E-state index in [1.165, 1.54) is 18.2 Å². The Morgan fingerprint density at radius 3 is 3.08 bits per heavy atom. The highest BCUT2D eigenvalue weighted by Gasteiger charge is 2.38. The van der Waals surface area contributed by atoms with Crippen LogP contribution in [-0.2, 0) is 4.79 Å². The van der Waals surface area contributed by atoms with Gasteiger partial charge in [-0.05, 0) is 24.1 Å². The van der Waals surface area contributed by atoms with E-state index in [0.717, 1.165) is 12.0 Å². The quantitative estimate of drug-likeness (QED) is 0.502. The second-order valence-electron chi connectivity index (χ2n) is 3.18. The Labute approximate surface area is 75.1 Å². The second kappa shape index (κ2) is 3.11. The molecule has 2 rings (SSSR count). The fraction of sp³-hybridized carbons (Fsp3) is 0.300. The highest BCUT2D eigenvalue weighted by atomic mass is 19.1. The Hall–Kier alpha value is -1.47. The van der Waals surface area contributed by atoms with Crippen LogP contribution in [0.15, 0.2) is 29.3 Å². The van der Waals surface area contributed by atoms with Gasteiger partial charge in [-0.2, -0.15) is 0 Å². The molecule has 66 valence electrons. The first-order valence-corrected chi connectivity index (χ1v) is 4.13. The van der Waals surface area contributed by atoms with E-state index in [1.54, 1.807) is 6.07 Å². The first-order valence-electron chi connectivity index (χ1n) is 4.13. The van der Waals surface area contributed by atoms with Crippen molar-refractivity contribution in [3.05, 3.63) is 35.6 Å². The molecule has 1 aromatic carbocycles. The zero-order chi connectivity index (χ0) is 9.26. The average Bonchev–Trinajstić information content (AvgIpc) is 2.85. The smallest absolute Gasteiger partial charge is 0.211 e. The molecule has 13 heavy (non-hydrogen) atoms. The summed E-state index contributed by atoms with van der Waals surface area (Å²) < 4.78 is 12.8. The lowest BCUT2D eigenvalue weighted by Crippen LogP contribution is -1.85. The molecular weight excluding hydrogens is 169 g/mol. The van der Waals surface area contributed by atoms with Crippen molar-refractivity contribution in [3.63, 3.8) is 0 Å². The zero-order valence-electron chi connectivity index (χ0n) is 6.90. The number of benzene rings is 1. The molecule has 1 aromatic rings. The van der Waals surface area contributed by atoms with Crippen molar-refractivity contribution in [2.24, 2.45) is 4.99 Å². The first kappa shape index (κ1) is 8.14. The first-order chi connectivity index (χ1) is 6.31. The predicted octanol–water partition coefficient (Wildman–Crippen LogP) is 2.02. The van der Waals surface area contributed by atoms with Gasteiger partial charge in [-0.15, -0.1) is 0 Å². The van der Waals surface area contributed by atoms with Gasteiger partial charge in [0.1, 0.15) is 5.82 Å². The number of hydrogen-bond donors (Lipinski definition) is 0. The summed E-state index contributed by atoms with van der Waals surface area (Å²) in [6, 6.07) is 6.45. The van der Waals surface area contributed by atoms with Gasteiger partial charge in [0.05, 0.1) is 6.04 Å². The molecule has 2 nitrogen and oxygen atoms in total. The molecule has 0 aliphatic heterocycles. The maximum absolute atomic E-state index is 12.8. The molecule has 1 saturated carbocycles. The van der Waals surface area contributed by atoms with Crippen molar-refractivity contribution in [1.82, 2.24) is 0 Å². The molecule has 1 fully saturated rings. The zero-order valence-corrected chi connectivity index (χ0v) is 6.90. The Bertz CT molecular complexity index is 371. The van der Waals surface area contributed by atoms with Crippen molar-refractivity contribution in [2.75, 3.05) is 0 Å². The Morgan fingerprint density at radius 1 is 1.54 bits per heavy atom. The van der Waals surface area contributed by atoms with Gasteiger partial charge in [0.25, 0.3) is 0 Å². The van der Waals surface area contributed by atoms with Crippen LogP contribution in [0.2, 0.25) is 0 Å². The largest absolute Gasteiger partial charge is 0.235 e. The summed E-state index contributed by atoms with van der Waals surface area (Å²) in [6.07, 6.45) is 2.36. The van der Waals surface area contributed by atoms with E-state index >= 15 is 0 Å². The van der Waals surface area contributed by atoms with Gasteiger partial charge in [-0.1, -0.05) is 12.1 Å². The van der Waals surface area contributed by atoms with Crippen LogP contribution in [0.4, 0.5) is 4.39 Å². The van der Waals surface area contributed by atoms with E-state index in [9.17, 15) is 9.18 Å². The monoisotopic (exact) mass is 177 g/mol. The molecule has 0 radical (unpaired) electrons. The lowest BCUT2D eigenvalue weighted by molar-refractivity contribution is 0.562. The van der Waals surface area contributed by atoms with E-state index in [1.807, 2.05) is 6.07 Å². The number of rotatable bonds is 2. The van der Waals surface area contributed by atoms with E-state index in [4.69, 9.17) is 0 Å². The highest BCUT2D eigenvalue weighted by Crippen LogP contribution is 2.43. The van der Waals surface area contributed by atoms with Crippen LogP contribution < -0.4 is 0 Å². The molecule has 0 amide bonds. The summed E-state index contributed by atoms with van der Waals surface area (Å²) >= 11 is 0. The summed E-state index contributed by atoms with van der Waals surface area (Å²) in [5.74, 6) is -0.0182.